The molecule has 10 nitrogen and oxygen atoms in total. The smallest absolute Gasteiger partial charge is 0.270 e. The molecule has 0 radical (unpaired) electrons. The maximum Gasteiger partial charge on any atom is 0.270 e. The van der Waals surface area contributed by atoms with E-state index in [2.05, 4.69) is 10.6 Å². The summed E-state index contributed by atoms with van der Waals surface area (Å²) in [5.74, 6) is -0.436. The van der Waals surface area contributed by atoms with E-state index >= 15 is 0 Å². The lowest BCUT2D eigenvalue weighted by Crippen LogP contribution is -2.35. The number of hydrogen-bond acceptors (Lipinski definition) is 7. The number of hydrogen-bond donors (Lipinski definition) is 2. The molecular weight excluding hydrogens is 424 g/mol. The molecule has 1 saturated heterocycles. The van der Waals surface area contributed by atoms with Crippen molar-refractivity contribution in [2.24, 2.45) is 0 Å². The molecule has 1 aliphatic heterocycles. The first-order valence-electron chi connectivity index (χ1n) is 9.73. The van der Waals surface area contributed by atoms with Crippen LogP contribution in [0, 0.1) is 10.1 Å². The second-order valence-electron chi connectivity index (χ2n) is 7.02. The molecule has 0 unspecified atom stereocenters. The molecule has 1 aliphatic rings. The van der Waals surface area contributed by atoms with Gasteiger partial charge in [-0.1, -0.05) is 6.42 Å². The first-order valence-corrected chi connectivity index (χ1v) is 11.2. The van der Waals surface area contributed by atoms with Gasteiger partial charge in [0.05, 0.1) is 17.6 Å². The van der Waals surface area contributed by atoms with Gasteiger partial charge < -0.3 is 15.4 Å². The van der Waals surface area contributed by atoms with Crippen LogP contribution in [0.4, 0.5) is 17.1 Å². The zero-order valence-corrected chi connectivity index (χ0v) is 18.1. The number of anilines is 2. The van der Waals surface area contributed by atoms with Gasteiger partial charge in [0, 0.05) is 43.6 Å². The Labute approximate surface area is 180 Å². The molecule has 0 aliphatic carbocycles. The van der Waals surface area contributed by atoms with Crippen LogP contribution in [0.1, 0.15) is 29.6 Å². The summed E-state index contributed by atoms with van der Waals surface area (Å²) in [6.45, 7) is 0.864. The number of piperidine rings is 1. The second kappa shape index (κ2) is 9.31. The number of rotatable bonds is 7. The van der Waals surface area contributed by atoms with Gasteiger partial charge in [-0.15, -0.1) is 0 Å². The average Bonchev–Trinajstić information content (AvgIpc) is 2.79. The van der Waals surface area contributed by atoms with E-state index in [0.717, 1.165) is 25.3 Å². The fourth-order valence-corrected chi connectivity index (χ4v) is 5.15. The number of nitrogens with one attached hydrogen (secondary N) is 2. The zero-order chi connectivity index (χ0) is 22.6. The van der Waals surface area contributed by atoms with E-state index in [1.54, 1.807) is 7.05 Å². The molecular formula is C20H24N4O6S. The summed E-state index contributed by atoms with van der Waals surface area (Å²) in [6.07, 6.45) is 2.56. The minimum atomic E-state index is -3.80. The molecule has 11 heteroatoms. The molecule has 0 bridgehead atoms. The summed E-state index contributed by atoms with van der Waals surface area (Å²) < 4.78 is 32.9. The van der Waals surface area contributed by atoms with Crippen molar-refractivity contribution in [3.05, 3.63) is 52.1 Å². The highest BCUT2D eigenvalue weighted by Gasteiger charge is 2.29. The van der Waals surface area contributed by atoms with Crippen molar-refractivity contribution >= 4 is 33.0 Å². The Morgan fingerprint density at radius 2 is 1.84 bits per heavy atom. The number of nitro groups is 1. The number of amides is 1. The van der Waals surface area contributed by atoms with E-state index in [9.17, 15) is 23.3 Å². The van der Waals surface area contributed by atoms with Gasteiger partial charge in [0.2, 0.25) is 10.0 Å². The third-order valence-electron chi connectivity index (χ3n) is 5.08. The molecule has 0 aromatic heterocycles. The van der Waals surface area contributed by atoms with Crippen molar-refractivity contribution in [1.29, 1.82) is 0 Å². The van der Waals surface area contributed by atoms with Gasteiger partial charge in [0.15, 0.2) is 0 Å². The molecule has 0 saturated carbocycles. The van der Waals surface area contributed by atoms with Crippen molar-refractivity contribution < 1.29 is 22.9 Å². The summed E-state index contributed by atoms with van der Waals surface area (Å²) in [4.78, 5) is 23.3. The SMILES string of the molecule is CNc1ccc([N+](=O)[O-])cc1C(=O)Nc1ccc(OC)c(S(=O)(=O)N2CCCCC2)c1. The molecule has 2 aromatic carbocycles. The van der Waals surface area contributed by atoms with Gasteiger partial charge in [-0.25, -0.2) is 8.42 Å². The molecule has 166 valence electrons. The van der Waals surface area contributed by atoms with E-state index in [0.29, 0.717) is 18.8 Å². The van der Waals surface area contributed by atoms with E-state index in [1.807, 2.05) is 0 Å². The van der Waals surface area contributed by atoms with Gasteiger partial charge in [-0.3, -0.25) is 14.9 Å². The number of sulfonamides is 1. The van der Waals surface area contributed by atoms with Crippen LogP contribution in [-0.2, 0) is 10.0 Å². The largest absolute Gasteiger partial charge is 0.495 e. The Morgan fingerprint density at radius 3 is 2.45 bits per heavy atom. The summed E-state index contributed by atoms with van der Waals surface area (Å²) in [5.41, 5.74) is 0.466. The maximum atomic E-state index is 13.1. The van der Waals surface area contributed by atoms with Gasteiger partial charge in [-0.2, -0.15) is 4.31 Å². The second-order valence-corrected chi connectivity index (χ2v) is 8.93. The number of non-ortho nitro benzene ring substituents is 1. The van der Waals surface area contributed by atoms with Gasteiger partial charge >= 0.3 is 0 Å². The van der Waals surface area contributed by atoms with Crippen LogP contribution in [0.2, 0.25) is 0 Å². The lowest BCUT2D eigenvalue weighted by atomic mass is 10.1. The molecule has 1 heterocycles. The molecule has 1 amide bonds. The third kappa shape index (κ3) is 4.78. The first-order chi connectivity index (χ1) is 14.8. The molecule has 0 atom stereocenters. The molecule has 1 fully saturated rings. The highest BCUT2D eigenvalue weighted by atomic mass is 32.2. The highest BCUT2D eigenvalue weighted by Crippen LogP contribution is 2.32. The standard InChI is InChI=1S/C20H24N4O6S/c1-21-17-8-7-15(24(26)27)13-16(17)20(25)22-14-6-9-18(30-2)19(12-14)31(28,29)23-10-4-3-5-11-23/h6-9,12-13,21H,3-5,10-11H2,1-2H3,(H,22,25). The van der Waals surface area contributed by atoms with Crippen LogP contribution in [0.15, 0.2) is 41.3 Å². The summed E-state index contributed by atoms with van der Waals surface area (Å²) >= 11 is 0. The summed E-state index contributed by atoms with van der Waals surface area (Å²) in [7, 11) is -0.831. The topological polar surface area (TPSA) is 131 Å². The Hall–Kier alpha value is -3.18. The Bertz CT molecular complexity index is 1100. The minimum absolute atomic E-state index is 0.0393. The van der Waals surface area contributed by atoms with Crippen molar-refractivity contribution in [2.45, 2.75) is 24.2 Å². The quantitative estimate of drug-likeness (QED) is 0.491. The molecule has 3 rings (SSSR count). The van der Waals surface area contributed by atoms with E-state index in [-0.39, 0.29) is 27.6 Å². The van der Waals surface area contributed by atoms with Gasteiger partial charge in [-0.05, 0) is 37.1 Å². The zero-order valence-electron chi connectivity index (χ0n) is 17.3. The number of carbonyl (C=O) groups is 1. The van der Waals surface area contributed by atoms with Crippen LogP contribution < -0.4 is 15.4 Å². The summed E-state index contributed by atoms with van der Waals surface area (Å²) in [6, 6.07) is 8.22. The van der Waals surface area contributed by atoms with Crippen molar-refractivity contribution in [3.63, 3.8) is 0 Å². The first kappa shape index (κ1) is 22.5. The minimum Gasteiger partial charge on any atom is -0.495 e. The van der Waals surface area contributed by atoms with E-state index in [1.165, 1.54) is 41.7 Å². The van der Waals surface area contributed by atoms with Crippen molar-refractivity contribution in [1.82, 2.24) is 4.31 Å². The molecule has 2 aromatic rings. The maximum absolute atomic E-state index is 13.1. The lowest BCUT2D eigenvalue weighted by Gasteiger charge is -2.26. The number of nitro benzene ring substituents is 1. The number of methoxy groups -OCH3 is 1. The number of benzene rings is 2. The van der Waals surface area contributed by atoms with Crippen LogP contribution in [0.3, 0.4) is 0 Å². The van der Waals surface area contributed by atoms with Gasteiger partial charge in [0.25, 0.3) is 11.6 Å². The Kier molecular flexibility index (Phi) is 6.76. The summed E-state index contributed by atoms with van der Waals surface area (Å²) in [5, 5.41) is 16.5. The van der Waals surface area contributed by atoms with Crippen molar-refractivity contribution in [2.75, 3.05) is 37.9 Å². The predicted molar refractivity (Wildman–Crippen MR) is 116 cm³/mol. The predicted octanol–water partition coefficient (Wildman–Crippen LogP) is 3.07. The van der Waals surface area contributed by atoms with Crippen LogP contribution in [0.5, 0.6) is 5.75 Å². The number of ether oxygens (including phenoxy) is 1. The average molecular weight is 449 g/mol. The third-order valence-corrected chi connectivity index (χ3v) is 7.00. The van der Waals surface area contributed by atoms with Crippen LogP contribution >= 0.6 is 0 Å². The van der Waals surface area contributed by atoms with E-state index < -0.39 is 20.9 Å². The number of nitrogens with zero attached hydrogens (tertiary/aromatic N) is 2. The number of carbonyl (C=O) groups excluding carboxylic acids is 1. The monoisotopic (exact) mass is 448 g/mol. The fourth-order valence-electron chi connectivity index (χ4n) is 3.45. The lowest BCUT2D eigenvalue weighted by molar-refractivity contribution is -0.384. The highest BCUT2D eigenvalue weighted by molar-refractivity contribution is 7.89. The normalized spacial score (nSPS) is 14.6. The fraction of sp³-hybridized carbons (Fsp3) is 0.350. The molecule has 2 N–H and O–H groups in total. The van der Waals surface area contributed by atoms with E-state index in [4.69, 9.17) is 4.74 Å². The molecule has 31 heavy (non-hydrogen) atoms. The van der Waals surface area contributed by atoms with Crippen LogP contribution in [-0.4, -0.2) is 50.8 Å². The molecule has 0 spiro atoms. The Balaban J connectivity index is 1.94. The van der Waals surface area contributed by atoms with Crippen LogP contribution in [0.25, 0.3) is 0 Å². The van der Waals surface area contributed by atoms with Crippen molar-refractivity contribution in [3.8, 4) is 5.75 Å². The van der Waals surface area contributed by atoms with Gasteiger partial charge in [0.1, 0.15) is 10.6 Å². The Morgan fingerprint density at radius 1 is 1.13 bits per heavy atom.